The number of azo groups is 1. The Balaban J connectivity index is 0.00000139. The molecule has 6 heteroatoms. The SMILES string of the molecule is CC.CC(=O)C(N=Nc1ccccc1O)C(=O)Nc1ccccc1. The van der Waals surface area contributed by atoms with Gasteiger partial charge in [-0.25, -0.2) is 0 Å². The summed E-state index contributed by atoms with van der Waals surface area (Å²) < 4.78 is 0. The number of hydrogen-bond donors (Lipinski definition) is 2. The number of nitrogens with one attached hydrogen (secondary N) is 1. The summed E-state index contributed by atoms with van der Waals surface area (Å²) in [5.74, 6) is -1.08. The van der Waals surface area contributed by atoms with Gasteiger partial charge in [0, 0.05) is 5.69 Å². The van der Waals surface area contributed by atoms with E-state index in [2.05, 4.69) is 15.5 Å². The van der Waals surface area contributed by atoms with Crippen LogP contribution in [0.5, 0.6) is 5.75 Å². The molecule has 1 amide bonds. The van der Waals surface area contributed by atoms with Crippen LogP contribution in [0.4, 0.5) is 11.4 Å². The summed E-state index contributed by atoms with van der Waals surface area (Å²) in [7, 11) is 0. The fourth-order valence-corrected chi connectivity index (χ4v) is 1.72. The van der Waals surface area contributed by atoms with Crippen LogP contribution in [0.3, 0.4) is 0 Å². The van der Waals surface area contributed by atoms with Crippen LogP contribution < -0.4 is 5.32 Å². The van der Waals surface area contributed by atoms with Crippen molar-refractivity contribution in [3.63, 3.8) is 0 Å². The highest BCUT2D eigenvalue weighted by molar-refractivity contribution is 6.10. The number of Topliss-reactive ketones (excluding diaryl/α,β-unsaturated/α-hetero) is 1. The van der Waals surface area contributed by atoms with Crippen molar-refractivity contribution in [3.8, 4) is 5.75 Å². The molecule has 126 valence electrons. The van der Waals surface area contributed by atoms with Gasteiger partial charge >= 0.3 is 0 Å². The van der Waals surface area contributed by atoms with E-state index in [-0.39, 0.29) is 11.4 Å². The Bertz CT molecular complexity index is 700. The average Bonchev–Trinajstić information content (AvgIpc) is 2.59. The second-order valence-corrected chi connectivity index (χ2v) is 4.57. The average molecular weight is 327 g/mol. The maximum absolute atomic E-state index is 12.1. The zero-order chi connectivity index (χ0) is 17.9. The smallest absolute Gasteiger partial charge is 0.258 e. The van der Waals surface area contributed by atoms with Crippen LogP contribution in [0.15, 0.2) is 64.8 Å². The number of amides is 1. The van der Waals surface area contributed by atoms with Gasteiger partial charge in [0.2, 0.25) is 6.04 Å². The van der Waals surface area contributed by atoms with Gasteiger partial charge in [-0.15, -0.1) is 0 Å². The molecule has 0 heterocycles. The Hall–Kier alpha value is -3.02. The Kier molecular flexibility index (Phi) is 7.84. The molecule has 0 spiro atoms. The molecule has 0 radical (unpaired) electrons. The number of rotatable bonds is 5. The van der Waals surface area contributed by atoms with E-state index < -0.39 is 17.7 Å². The van der Waals surface area contributed by atoms with Crippen LogP contribution in [-0.4, -0.2) is 22.8 Å². The number of anilines is 1. The highest BCUT2D eigenvalue weighted by atomic mass is 16.3. The highest BCUT2D eigenvalue weighted by Crippen LogP contribution is 2.25. The number of aromatic hydroxyl groups is 1. The van der Waals surface area contributed by atoms with Crippen molar-refractivity contribution in [2.45, 2.75) is 26.8 Å². The Labute approximate surface area is 141 Å². The minimum Gasteiger partial charge on any atom is -0.506 e. The second kappa shape index (κ2) is 9.89. The first-order valence-electron chi connectivity index (χ1n) is 7.63. The number of phenols is 1. The standard InChI is InChI=1S/C16H15N3O3.C2H6/c1-11(20)15(16(22)17-12-7-3-2-4-8-12)19-18-13-9-5-6-10-14(13)21;1-2/h2-10,15,21H,1H3,(H,17,22);1-2H3. The normalized spacial score (nSPS) is 11.3. The van der Waals surface area contributed by atoms with Gasteiger partial charge in [0.05, 0.1) is 0 Å². The molecule has 0 aromatic heterocycles. The summed E-state index contributed by atoms with van der Waals surface area (Å²) in [5, 5.41) is 19.7. The van der Waals surface area contributed by atoms with E-state index in [1.54, 1.807) is 36.4 Å². The predicted octanol–water partition coefficient (Wildman–Crippen LogP) is 4.10. The fourth-order valence-electron chi connectivity index (χ4n) is 1.72. The minimum atomic E-state index is -1.26. The van der Waals surface area contributed by atoms with Crippen molar-refractivity contribution in [2.24, 2.45) is 10.2 Å². The van der Waals surface area contributed by atoms with Crippen molar-refractivity contribution >= 4 is 23.1 Å². The number of phenolic OH excluding ortho intramolecular Hbond substituents is 1. The number of benzene rings is 2. The van der Waals surface area contributed by atoms with Crippen LogP contribution in [0.1, 0.15) is 20.8 Å². The molecule has 0 aliphatic carbocycles. The summed E-state index contributed by atoms with van der Waals surface area (Å²) in [6, 6.07) is 13.8. The van der Waals surface area contributed by atoms with Crippen LogP contribution >= 0.6 is 0 Å². The van der Waals surface area contributed by atoms with Crippen LogP contribution in [0.25, 0.3) is 0 Å². The van der Waals surface area contributed by atoms with Crippen molar-refractivity contribution in [1.82, 2.24) is 0 Å². The van der Waals surface area contributed by atoms with Gasteiger partial charge in [-0.1, -0.05) is 44.2 Å². The number of hydrogen-bond acceptors (Lipinski definition) is 5. The van der Waals surface area contributed by atoms with Crippen LogP contribution in [0.2, 0.25) is 0 Å². The summed E-state index contributed by atoms with van der Waals surface area (Å²) >= 11 is 0. The number of para-hydroxylation sites is 2. The van der Waals surface area contributed by atoms with E-state index in [1.807, 2.05) is 19.9 Å². The molecule has 2 aromatic carbocycles. The molecule has 2 N–H and O–H groups in total. The molecular weight excluding hydrogens is 306 g/mol. The molecule has 0 aliphatic heterocycles. The zero-order valence-electron chi connectivity index (χ0n) is 13.9. The Morgan fingerprint density at radius 3 is 2.17 bits per heavy atom. The first-order valence-corrected chi connectivity index (χ1v) is 7.63. The first-order chi connectivity index (χ1) is 11.6. The molecule has 0 fully saturated rings. The number of ketones is 1. The zero-order valence-corrected chi connectivity index (χ0v) is 13.9. The maximum atomic E-state index is 12.1. The van der Waals surface area contributed by atoms with Crippen LogP contribution in [-0.2, 0) is 9.59 Å². The molecular formula is C18H21N3O3. The summed E-state index contributed by atoms with van der Waals surface area (Å²) in [5.41, 5.74) is 0.762. The monoisotopic (exact) mass is 327 g/mol. The van der Waals surface area contributed by atoms with Crippen LogP contribution in [0, 0.1) is 0 Å². The molecule has 2 aromatic rings. The van der Waals surface area contributed by atoms with E-state index >= 15 is 0 Å². The number of carbonyl (C=O) groups is 2. The van der Waals surface area contributed by atoms with Crippen molar-refractivity contribution in [2.75, 3.05) is 5.32 Å². The van der Waals surface area contributed by atoms with Gasteiger partial charge in [-0.3, -0.25) is 9.59 Å². The molecule has 6 nitrogen and oxygen atoms in total. The lowest BCUT2D eigenvalue weighted by molar-refractivity contribution is -0.126. The highest BCUT2D eigenvalue weighted by Gasteiger charge is 2.23. The largest absolute Gasteiger partial charge is 0.506 e. The minimum absolute atomic E-state index is 0.0722. The van der Waals surface area contributed by atoms with Crippen molar-refractivity contribution < 1.29 is 14.7 Å². The maximum Gasteiger partial charge on any atom is 0.258 e. The Morgan fingerprint density at radius 2 is 1.58 bits per heavy atom. The summed E-state index contributed by atoms with van der Waals surface area (Å²) in [6.45, 7) is 5.26. The lowest BCUT2D eigenvalue weighted by Gasteiger charge is -2.09. The third kappa shape index (κ3) is 5.64. The molecule has 0 bridgehead atoms. The van der Waals surface area contributed by atoms with Gasteiger partial charge in [-0.05, 0) is 31.2 Å². The first kappa shape index (κ1) is 19.0. The predicted molar refractivity (Wildman–Crippen MR) is 93.5 cm³/mol. The van der Waals surface area contributed by atoms with Crippen molar-refractivity contribution in [3.05, 3.63) is 54.6 Å². The lowest BCUT2D eigenvalue weighted by Crippen LogP contribution is -2.31. The number of carbonyl (C=O) groups excluding carboxylic acids is 2. The fraction of sp³-hybridized carbons (Fsp3) is 0.222. The van der Waals surface area contributed by atoms with E-state index in [0.29, 0.717) is 5.69 Å². The van der Waals surface area contributed by atoms with E-state index in [0.717, 1.165) is 0 Å². The van der Waals surface area contributed by atoms with E-state index in [4.69, 9.17) is 0 Å². The summed E-state index contributed by atoms with van der Waals surface area (Å²) in [6.07, 6.45) is 0. The van der Waals surface area contributed by atoms with Gasteiger partial charge in [0.1, 0.15) is 11.4 Å². The second-order valence-electron chi connectivity index (χ2n) is 4.57. The molecule has 0 aliphatic rings. The van der Waals surface area contributed by atoms with Gasteiger partial charge in [0.15, 0.2) is 5.78 Å². The molecule has 2 rings (SSSR count). The molecule has 24 heavy (non-hydrogen) atoms. The lowest BCUT2D eigenvalue weighted by atomic mass is 10.2. The van der Waals surface area contributed by atoms with Gasteiger partial charge in [-0.2, -0.15) is 10.2 Å². The topological polar surface area (TPSA) is 91.1 Å². The molecule has 1 atom stereocenters. The third-order valence-corrected chi connectivity index (χ3v) is 2.84. The van der Waals surface area contributed by atoms with Gasteiger partial charge in [0.25, 0.3) is 5.91 Å². The molecule has 1 unspecified atom stereocenters. The Morgan fingerprint density at radius 1 is 1.00 bits per heavy atom. The molecule has 0 saturated carbocycles. The number of nitrogens with zero attached hydrogens (tertiary/aromatic N) is 2. The molecule has 0 saturated heterocycles. The van der Waals surface area contributed by atoms with E-state index in [1.165, 1.54) is 19.1 Å². The van der Waals surface area contributed by atoms with Gasteiger partial charge < -0.3 is 10.4 Å². The summed E-state index contributed by atoms with van der Waals surface area (Å²) in [4.78, 5) is 23.7. The van der Waals surface area contributed by atoms with Crippen molar-refractivity contribution in [1.29, 1.82) is 0 Å². The third-order valence-electron chi connectivity index (χ3n) is 2.84. The quantitative estimate of drug-likeness (QED) is 0.640. The van der Waals surface area contributed by atoms with E-state index in [9.17, 15) is 14.7 Å².